The van der Waals surface area contributed by atoms with E-state index in [9.17, 15) is 4.39 Å². The van der Waals surface area contributed by atoms with E-state index in [-0.39, 0.29) is 11.9 Å². The molecule has 0 aliphatic rings. The summed E-state index contributed by atoms with van der Waals surface area (Å²) in [7, 11) is 1.89. The normalized spacial score (nSPS) is 12.5. The minimum absolute atomic E-state index is 0.0232. The molecule has 0 aliphatic heterocycles. The average molecular weight is 322 g/mol. The van der Waals surface area contributed by atoms with Gasteiger partial charge in [0.1, 0.15) is 5.82 Å². The fourth-order valence-corrected chi connectivity index (χ4v) is 2.76. The maximum atomic E-state index is 13.5. The van der Waals surface area contributed by atoms with Crippen molar-refractivity contribution >= 4 is 15.9 Å². The lowest BCUT2D eigenvalue weighted by Crippen LogP contribution is -2.19. The molecule has 2 rings (SSSR count). The van der Waals surface area contributed by atoms with Crippen molar-refractivity contribution in [3.8, 4) is 0 Å². The molecule has 0 spiro atoms. The summed E-state index contributed by atoms with van der Waals surface area (Å²) in [5.41, 5.74) is 4.49. The van der Waals surface area contributed by atoms with Gasteiger partial charge < -0.3 is 5.32 Å². The number of aryl methyl sites for hydroxylation is 2. The number of nitrogens with one attached hydrogen (secondary N) is 1. The Morgan fingerprint density at radius 2 is 1.79 bits per heavy atom. The Bertz CT molecular complexity index is 544. The van der Waals surface area contributed by atoms with Crippen LogP contribution >= 0.6 is 15.9 Å². The number of hydrogen-bond acceptors (Lipinski definition) is 1. The molecule has 19 heavy (non-hydrogen) atoms. The molecule has 2 aromatic carbocycles. The lowest BCUT2D eigenvalue weighted by atomic mass is 9.93. The highest BCUT2D eigenvalue weighted by molar-refractivity contribution is 9.10. The number of hydrogen-bond donors (Lipinski definition) is 1. The van der Waals surface area contributed by atoms with Crippen molar-refractivity contribution in [2.45, 2.75) is 19.9 Å². The van der Waals surface area contributed by atoms with Gasteiger partial charge in [0.15, 0.2) is 0 Å². The van der Waals surface area contributed by atoms with Crippen molar-refractivity contribution in [1.82, 2.24) is 5.32 Å². The van der Waals surface area contributed by atoms with Gasteiger partial charge in [-0.3, -0.25) is 0 Å². The quantitative estimate of drug-likeness (QED) is 0.876. The second kappa shape index (κ2) is 5.85. The van der Waals surface area contributed by atoms with Gasteiger partial charge in [-0.25, -0.2) is 4.39 Å². The molecule has 0 saturated carbocycles. The number of rotatable bonds is 3. The Kier molecular flexibility index (Phi) is 4.38. The third-order valence-electron chi connectivity index (χ3n) is 3.30. The highest BCUT2D eigenvalue weighted by atomic mass is 79.9. The topological polar surface area (TPSA) is 12.0 Å². The molecule has 0 fully saturated rings. The first-order valence-corrected chi connectivity index (χ1v) is 7.01. The highest BCUT2D eigenvalue weighted by Gasteiger charge is 2.17. The van der Waals surface area contributed by atoms with Crippen molar-refractivity contribution in [2.24, 2.45) is 0 Å². The maximum absolute atomic E-state index is 13.5. The van der Waals surface area contributed by atoms with Gasteiger partial charge in [0, 0.05) is 4.47 Å². The van der Waals surface area contributed by atoms with E-state index in [2.05, 4.69) is 53.3 Å². The third-order valence-corrected chi connectivity index (χ3v) is 4.03. The smallest absolute Gasteiger partial charge is 0.123 e. The Morgan fingerprint density at radius 1 is 1.05 bits per heavy atom. The monoisotopic (exact) mass is 321 g/mol. The molecule has 0 amide bonds. The highest BCUT2D eigenvalue weighted by Crippen LogP contribution is 2.31. The SMILES string of the molecule is CNC(c1cc(C)ccc1C)c1cc(F)ccc1Br. The lowest BCUT2D eigenvalue weighted by Gasteiger charge is -2.21. The molecule has 1 unspecified atom stereocenters. The van der Waals surface area contributed by atoms with Crippen LogP contribution in [0.3, 0.4) is 0 Å². The van der Waals surface area contributed by atoms with Crippen molar-refractivity contribution in [1.29, 1.82) is 0 Å². The van der Waals surface area contributed by atoms with Gasteiger partial charge in [0.25, 0.3) is 0 Å². The van der Waals surface area contributed by atoms with E-state index >= 15 is 0 Å². The van der Waals surface area contributed by atoms with E-state index in [0.29, 0.717) is 0 Å². The largest absolute Gasteiger partial charge is 0.309 e. The number of halogens is 2. The van der Waals surface area contributed by atoms with Gasteiger partial charge in [-0.1, -0.05) is 39.7 Å². The molecule has 3 heteroatoms. The summed E-state index contributed by atoms with van der Waals surface area (Å²) in [6.07, 6.45) is 0. The van der Waals surface area contributed by atoms with Gasteiger partial charge in [0.2, 0.25) is 0 Å². The third kappa shape index (κ3) is 3.04. The predicted octanol–water partition coefficient (Wildman–Crippen LogP) is 4.51. The van der Waals surface area contributed by atoms with Crippen LogP contribution in [0.25, 0.3) is 0 Å². The van der Waals surface area contributed by atoms with Gasteiger partial charge in [-0.2, -0.15) is 0 Å². The predicted molar refractivity (Wildman–Crippen MR) is 80.9 cm³/mol. The second-order valence-corrected chi connectivity index (χ2v) is 5.60. The summed E-state index contributed by atoms with van der Waals surface area (Å²) in [5, 5.41) is 3.27. The number of benzene rings is 2. The van der Waals surface area contributed by atoms with E-state index in [4.69, 9.17) is 0 Å². The average Bonchev–Trinajstić information content (AvgIpc) is 2.38. The molecule has 0 radical (unpaired) electrons. The van der Waals surface area contributed by atoms with Crippen LogP contribution in [0.2, 0.25) is 0 Å². The van der Waals surface area contributed by atoms with E-state index in [0.717, 1.165) is 10.0 Å². The molecule has 0 heterocycles. The van der Waals surface area contributed by atoms with Gasteiger partial charge in [0.05, 0.1) is 6.04 Å². The Hall–Kier alpha value is -1.19. The Morgan fingerprint density at radius 3 is 2.47 bits per heavy atom. The summed E-state index contributed by atoms with van der Waals surface area (Å²) in [6.45, 7) is 4.14. The van der Waals surface area contributed by atoms with Crippen molar-refractivity contribution in [2.75, 3.05) is 7.05 Å². The molecule has 0 aliphatic carbocycles. The van der Waals surface area contributed by atoms with Crippen LogP contribution in [0, 0.1) is 19.7 Å². The van der Waals surface area contributed by atoms with E-state index in [1.54, 1.807) is 12.1 Å². The molecule has 2 aromatic rings. The molecular formula is C16H17BrFN. The molecule has 0 aromatic heterocycles. The Balaban J connectivity index is 2.55. The molecule has 0 saturated heterocycles. The minimum atomic E-state index is -0.219. The van der Waals surface area contributed by atoms with E-state index in [1.165, 1.54) is 22.8 Å². The van der Waals surface area contributed by atoms with E-state index in [1.807, 2.05) is 7.05 Å². The molecule has 100 valence electrons. The summed E-state index contributed by atoms with van der Waals surface area (Å²) in [5.74, 6) is -0.219. The summed E-state index contributed by atoms with van der Waals surface area (Å²) in [4.78, 5) is 0. The van der Waals surface area contributed by atoms with Crippen LogP contribution in [0.1, 0.15) is 28.3 Å². The fourth-order valence-electron chi connectivity index (χ4n) is 2.29. The summed E-state index contributed by atoms with van der Waals surface area (Å²) >= 11 is 3.51. The first kappa shape index (κ1) is 14.2. The van der Waals surface area contributed by atoms with Crippen LogP contribution in [-0.4, -0.2) is 7.05 Å². The van der Waals surface area contributed by atoms with Crippen LogP contribution in [0.5, 0.6) is 0 Å². The van der Waals surface area contributed by atoms with Crippen LogP contribution in [0.15, 0.2) is 40.9 Å². The van der Waals surface area contributed by atoms with Crippen molar-refractivity contribution in [3.63, 3.8) is 0 Å². The van der Waals surface area contributed by atoms with Crippen LogP contribution in [-0.2, 0) is 0 Å². The van der Waals surface area contributed by atoms with Crippen molar-refractivity contribution in [3.05, 3.63) is 68.9 Å². The van der Waals surface area contributed by atoms with Crippen LogP contribution < -0.4 is 5.32 Å². The molecule has 0 bridgehead atoms. The summed E-state index contributed by atoms with van der Waals surface area (Å²) in [6, 6.07) is 11.1. The van der Waals surface area contributed by atoms with Crippen LogP contribution in [0.4, 0.5) is 4.39 Å². The zero-order valence-corrected chi connectivity index (χ0v) is 12.9. The zero-order chi connectivity index (χ0) is 14.0. The second-order valence-electron chi connectivity index (χ2n) is 4.75. The standard InChI is InChI=1S/C16H17BrFN/c1-10-4-5-11(2)13(8-10)16(19-3)14-9-12(18)6-7-15(14)17/h4-9,16,19H,1-3H3. The molecule has 1 atom stereocenters. The van der Waals surface area contributed by atoms with Crippen molar-refractivity contribution < 1.29 is 4.39 Å². The van der Waals surface area contributed by atoms with E-state index < -0.39 is 0 Å². The first-order valence-electron chi connectivity index (χ1n) is 6.22. The first-order chi connectivity index (χ1) is 9.02. The summed E-state index contributed by atoms with van der Waals surface area (Å²) < 4.78 is 14.4. The molecular weight excluding hydrogens is 305 g/mol. The molecule has 1 N–H and O–H groups in total. The lowest BCUT2D eigenvalue weighted by molar-refractivity contribution is 0.615. The Labute approximate surface area is 122 Å². The fraction of sp³-hybridized carbons (Fsp3) is 0.250. The van der Waals surface area contributed by atoms with Gasteiger partial charge in [-0.05, 0) is 55.8 Å². The minimum Gasteiger partial charge on any atom is -0.309 e. The van der Waals surface area contributed by atoms with Gasteiger partial charge in [-0.15, -0.1) is 0 Å². The maximum Gasteiger partial charge on any atom is 0.123 e. The molecule has 1 nitrogen and oxygen atoms in total. The van der Waals surface area contributed by atoms with Gasteiger partial charge >= 0.3 is 0 Å². The zero-order valence-electron chi connectivity index (χ0n) is 11.3.